The molecule has 0 aliphatic carbocycles. The second-order valence-electron chi connectivity index (χ2n) is 6.87. The lowest BCUT2D eigenvalue weighted by molar-refractivity contribution is 0.0696. The number of hydrogen-bond donors (Lipinski definition) is 3. The number of carboxylic acid groups (broad SMARTS) is 1. The van der Waals surface area contributed by atoms with Crippen molar-refractivity contribution in [1.29, 1.82) is 0 Å². The molecule has 0 bridgehead atoms. The highest BCUT2D eigenvalue weighted by atomic mass is 35.5. The summed E-state index contributed by atoms with van der Waals surface area (Å²) in [5, 5.41) is 12.5. The van der Waals surface area contributed by atoms with Gasteiger partial charge in [-0.25, -0.2) is 4.79 Å². The predicted molar refractivity (Wildman–Crippen MR) is 117 cm³/mol. The zero-order chi connectivity index (χ0) is 22.3. The molecule has 0 fully saturated rings. The Morgan fingerprint density at radius 1 is 1.23 bits per heavy atom. The summed E-state index contributed by atoms with van der Waals surface area (Å²) in [6.07, 6.45) is 2.90. The molecule has 0 spiro atoms. The minimum Gasteiger partial charge on any atom is -0.487 e. The van der Waals surface area contributed by atoms with Gasteiger partial charge in [0.1, 0.15) is 12.4 Å². The van der Waals surface area contributed by atoms with E-state index in [4.69, 9.17) is 27.2 Å². The SMILES string of the molecule is C/C(Cl)=C\C(=C/N)OCc1ccc(C)cc1C(=O)NC(C)c1ccc(C(=O)O)cc1. The number of carbonyl (C=O) groups excluding carboxylic acids is 1. The van der Waals surface area contributed by atoms with Crippen LogP contribution < -0.4 is 11.1 Å². The average Bonchev–Trinajstić information content (AvgIpc) is 2.71. The van der Waals surface area contributed by atoms with Gasteiger partial charge in [-0.15, -0.1) is 0 Å². The Morgan fingerprint density at radius 2 is 1.90 bits per heavy atom. The Labute approximate surface area is 181 Å². The summed E-state index contributed by atoms with van der Waals surface area (Å²) in [6.45, 7) is 5.60. The van der Waals surface area contributed by atoms with Gasteiger partial charge in [-0.2, -0.15) is 0 Å². The van der Waals surface area contributed by atoms with Gasteiger partial charge in [-0.05, 0) is 50.6 Å². The minimum absolute atomic E-state index is 0.147. The molecule has 158 valence electrons. The van der Waals surface area contributed by atoms with Crippen molar-refractivity contribution in [2.75, 3.05) is 0 Å². The predicted octanol–water partition coefficient (Wildman–Crippen LogP) is 4.64. The van der Waals surface area contributed by atoms with E-state index in [-0.39, 0.29) is 24.1 Å². The van der Waals surface area contributed by atoms with Crippen LogP contribution >= 0.6 is 11.6 Å². The largest absolute Gasteiger partial charge is 0.487 e. The van der Waals surface area contributed by atoms with E-state index in [1.807, 2.05) is 26.0 Å². The molecule has 30 heavy (non-hydrogen) atoms. The molecule has 0 heterocycles. The zero-order valence-corrected chi connectivity index (χ0v) is 17.9. The van der Waals surface area contributed by atoms with Crippen LogP contribution in [0.2, 0.25) is 0 Å². The lowest BCUT2D eigenvalue weighted by Gasteiger charge is -2.17. The van der Waals surface area contributed by atoms with Crippen molar-refractivity contribution in [2.45, 2.75) is 33.4 Å². The molecule has 0 saturated carbocycles. The number of carbonyl (C=O) groups is 2. The van der Waals surface area contributed by atoms with Gasteiger partial charge in [0.2, 0.25) is 0 Å². The second kappa shape index (κ2) is 10.5. The summed E-state index contributed by atoms with van der Waals surface area (Å²) in [4.78, 5) is 23.9. The number of amides is 1. The van der Waals surface area contributed by atoms with Crippen LogP contribution in [0.3, 0.4) is 0 Å². The molecule has 0 aliphatic heterocycles. The number of allylic oxidation sites excluding steroid dienone is 2. The van der Waals surface area contributed by atoms with Gasteiger partial charge < -0.3 is 20.9 Å². The molecule has 4 N–H and O–H groups in total. The van der Waals surface area contributed by atoms with E-state index in [1.54, 1.807) is 31.2 Å². The van der Waals surface area contributed by atoms with Crippen LogP contribution in [0.4, 0.5) is 0 Å². The van der Waals surface area contributed by atoms with Gasteiger partial charge in [0, 0.05) is 22.4 Å². The number of carboxylic acids is 1. The Hall–Kier alpha value is -3.25. The van der Waals surface area contributed by atoms with E-state index in [0.29, 0.717) is 21.9 Å². The highest BCUT2D eigenvalue weighted by Gasteiger charge is 2.16. The number of benzene rings is 2. The van der Waals surface area contributed by atoms with Crippen LogP contribution in [0, 0.1) is 6.92 Å². The van der Waals surface area contributed by atoms with Crippen LogP contribution in [0.5, 0.6) is 0 Å². The fourth-order valence-electron chi connectivity index (χ4n) is 2.79. The van der Waals surface area contributed by atoms with E-state index in [9.17, 15) is 9.59 Å². The van der Waals surface area contributed by atoms with Crippen molar-refractivity contribution in [3.63, 3.8) is 0 Å². The van der Waals surface area contributed by atoms with E-state index in [0.717, 1.165) is 11.1 Å². The zero-order valence-electron chi connectivity index (χ0n) is 17.1. The molecule has 0 saturated heterocycles. The van der Waals surface area contributed by atoms with Gasteiger partial charge in [0.25, 0.3) is 5.91 Å². The number of rotatable bonds is 8. The van der Waals surface area contributed by atoms with E-state index in [2.05, 4.69) is 5.32 Å². The van der Waals surface area contributed by atoms with Gasteiger partial charge in [0.15, 0.2) is 0 Å². The number of aromatic carboxylic acids is 1. The highest BCUT2D eigenvalue weighted by molar-refractivity contribution is 6.29. The van der Waals surface area contributed by atoms with Gasteiger partial charge >= 0.3 is 5.97 Å². The Balaban J connectivity index is 2.17. The monoisotopic (exact) mass is 428 g/mol. The van der Waals surface area contributed by atoms with Crippen molar-refractivity contribution in [3.8, 4) is 0 Å². The summed E-state index contributed by atoms with van der Waals surface area (Å²) < 4.78 is 5.68. The van der Waals surface area contributed by atoms with Gasteiger partial charge in [-0.3, -0.25) is 4.79 Å². The van der Waals surface area contributed by atoms with Gasteiger partial charge in [0.05, 0.1) is 11.6 Å². The molecular weight excluding hydrogens is 404 g/mol. The molecule has 7 heteroatoms. The molecule has 2 aromatic rings. The summed E-state index contributed by atoms with van der Waals surface area (Å²) in [5.74, 6) is -0.844. The van der Waals surface area contributed by atoms with Crippen LogP contribution in [-0.2, 0) is 11.3 Å². The van der Waals surface area contributed by atoms with Crippen molar-refractivity contribution in [3.05, 3.63) is 93.3 Å². The number of nitrogens with two attached hydrogens (primary N) is 1. The Morgan fingerprint density at radius 3 is 2.47 bits per heavy atom. The maximum absolute atomic E-state index is 12.9. The highest BCUT2D eigenvalue weighted by Crippen LogP contribution is 2.19. The lowest BCUT2D eigenvalue weighted by Crippen LogP contribution is -2.27. The van der Waals surface area contributed by atoms with Gasteiger partial charge in [-0.1, -0.05) is 41.4 Å². The number of ether oxygens (including phenoxy) is 1. The Bertz CT molecular complexity index is 977. The first-order chi connectivity index (χ1) is 14.2. The third-order valence-electron chi connectivity index (χ3n) is 4.41. The normalized spacial score (nSPS) is 12.9. The fourth-order valence-corrected chi connectivity index (χ4v) is 2.90. The molecule has 1 amide bonds. The third-order valence-corrected chi connectivity index (χ3v) is 4.52. The van der Waals surface area contributed by atoms with Crippen molar-refractivity contribution >= 4 is 23.5 Å². The third kappa shape index (κ3) is 6.39. The van der Waals surface area contributed by atoms with Crippen molar-refractivity contribution in [2.24, 2.45) is 5.73 Å². The molecule has 2 rings (SSSR count). The topological polar surface area (TPSA) is 102 Å². The maximum atomic E-state index is 12.9. The molecule has 2 aromatic carbocycles. The second-order valence-corrected chi connectivity index (χ2v) is 7.47. The Kier molecular flexibility index (Phi) is 8.07. The first-order valence-corrected chi connectivity index (χ1v) is 9.71. The molecule has 6 nitrogen and oxygen atoms in total. The molecule has 1 unspecified atom stereocenters. The number of halogens is 1. The van der Waals surface area contributed by atoms with Crippen LogP contribution in [0.25, 0.3) is 0 Å². The van der Waals surface area contributed by atoms with E-state index >= 15 is 0 Å². The number of hydrogen-bond acceptors (Lipinski definition) is 4. The molecule has 0 aromatic heterocycles. The molecule has 0 radical (unpaired) electrons. The first-order valence-electron chi connectivity index (χ1n) is 9.33. The average molecular weight is 429 g/mol. The summed E-state index contributed by atoms with van der Waals surface area (Å²) in [7, 11) is 0. The van der Waals surface area contributed by atoms with Crippen LogP contribution in [0.15, 0.2) is 65.5 Å². The first kappa shape index (κ1) is 23.0. The van der Waals surface area contributed by atoms with E-state index in [1.165, 1.54) is 18.3 Å². The van der Waals surface area contributed by atoms with Crippen molar-refractivity contribution < 1.29 is 19.4 Å². The molecular formula is C23H25ClN2O4. The maximum Gasteiger partial charge on any atom is 0.335 e. The summed E-state index contributed by atoms with van der Waals surface area (Å²) in [5.41, 5.74) is 8.69. The lowest BCUT2D eigenvalue weighted by atomic mass is 10.0. The standard InChI is InChI=1S/C23H25ClN2O4/c1-14-4-5-19(13-30-20(12-25)11-15(2)24)21(10-14)22(27)26-16(3)17-6-8-18(9-7-17)23(28)29/h4-12,16H,13,25H2,1-3H3,(H,26,27)(H,28,29)/b15-11+,20-12+. The minimum atomic E-state index is -0.993. The fraction of sp³-hybridized carbons (Fsp3) is 0.217. The van der Waals surface area contributed by atoms with Crippen LogP contribution in [-0.4, -0.2) is 17.0 Å². The summed E-state index contributed by atoms with van der Waals surface area (Å²) in [6, 6.07) is 11.6. The quantitative estimate of drug-likeness (QED) is 0.419. The number of aryl methyl sites for hydroxylation is 1. The molecule has 1 atom stereocenters. The smallest absolute Gasteiger partial charge is 0.335 e. The van der Waals surface area contributed by atoms with E-state index < -0.39 is 5.97 Å². The summed E-state index contributed by atoms with van der Waals surface area (Å²) >= 11 is 5.87. The van der Waals surface area contributed by atoms with Crippen LogP contribution in [0.1, 0.15) is 57.3 Å². The number of nitrogens with one attached hydrogen (secondary N) is 1. The molecule has 0 aliphatic rings. The van der Waals surface area contributed by atoms with Crippen molar-refractivity contribution in [1.82, 2.24) is 5.32 Å².